The van der Waals surface area contributed by atoms with Gasteiger partial charge < -0.3 is 15.0 Å². The molecule has 2 aliphatic rings. The Morgan fingerprint density at radius 3 is 2.53 bits per heavy atom. The van der Waals surface area contributed by atoms with E-state index in [0.29, 0.717) is 13.1 Å². The molecule has 1 amide bonds. The van der Waals surface area contributed by atoms with Gasteiger partial charge in [0.15, 0.2) is 0 Å². The summed E-state index contributed by atoms with van der Waals surface area (Å²) in [6.45, 7) is 10.0. The van der Waals surface area contributed by atoms with Crippen molar-refractivity contribution < 1.29 is 9.53 Å². The highest BCUT2D eigenvalue weighted by atomic mass is 16.5. The zero-order valence-corrected chi connectivity index (χ0v) is 20.0. The molecule has 7 heteroatoms. The topological polar surface area (TPSA) is 62.6 Å². The minimum absolute atomic E-state index is 0.0796. The Bertz CT molecular complexity index is 1140. The SMILES string of the molecule is Cc1nn(Cc2ccccc2)c(C)c1C1Nc2ccccc2C(=O)N1CCCN1CCOCC1. The van der Waals surface area contributed by atoms with Crippen LogP contribution in [0.2, 0.25) is 0 Å². The Morgan fingerprint density at radius 2 is 1.74 bits per heavy atom. The molecule has 3 heterocycles. The van der Waals surface area contributed by atoms with E-state index in [0.717, 1.165) is 67.5 Å². The number of fused-ring (bicyclic) bond motifs is 1. The van der Waals surface area contributed by atoms with Crippen molar-refractivity contribution in [3.05, 3.63) is 82.7 Å². The van der Waals surface area contributed by atoms with Crippen LogP contribution in [0.4, 0.5) is 5.69 Å². The molecule has 1 saturated heterocycles. The summed E-state index contributed by atoms with van der Waals surface area (Å²) < 4.78 is 7.53. The van der Waals surface area contributed by atoms with Gasteiger partial charge in [0.05, 0.1) is 31.0 Å². The first kappa shape index (κ1) is 22.6. The highest BCUT2D eigenvalue weighted by molar-refractivity contribution is 6.01. The van der Waals surface area contributed by atoms with Gasteiger partial charge in [-0.15, -0.1) is 0 Å². The monoisotopic (exact) mass is 459 g/mol. The Kier molecular flexibility index (Phi) is 6.65. The molecule has 1 aromatic heterocycles. The molecule has 0 radical (unpaired) electrons. The van der Waals surface area contributed by atoms with Crippen molar-refractivity contribution >= 4 is 11.6 Å². The van der Waals surface area contributed by atoms with Gasteiger partial charge in [-0.05, 0) is 38.0 Å². The number of rotatable bonds is 7. The molecular weight excluding hydrogens is 426 g/mol. The third-order valence-corrected chi connectivity index (χ3v) is 6.89. The second kappa shape index (κ2) is 9.99. The lowest BCUT2D eigenvalue weighted by atomic mass is 10.0. The number of aromatic nitrogens is 2. The van der Waals surface area contributed by atoms with Gasteiger partial charge in [-0.25, -0.2) is 0 Å². The van der Waals surface area contributed by atoms with Crippen molar-refractivity contribution in [3.8, 4) is 0 Å². The average Bonchev–Trinajstić information content (AvgIpc) is 3.14. The number of para-hydroxylation sites is 1. The van der Waals surface area contributed by atoms with Crippen molar-refractivity contribution in [2.24, 2.45) is 0 Å². The quantitative estimate of drug-likeness (QED) is 0.582. The number of carbonyl (C=O) groups is 1. The van der Waals surface area contributed by atoms with E-state index in [2.05, 4.69) is 46.1 Å². The zero-order chi connectivity index (χ0) is 23.5. The van der Waals surface area contributed by atoms with Crippen LogP contribution in [0, 0.1) is 13.8 Å². The zero-order valence-electron chi connectivity index (χ0n) is 20.0. The van der Waals surface area contributed by atoms with Crippen LogP contribution in [-0.2, 0) is 11.3 Å². The van der Waals surface area contributed by atoms with E-state index in [1.54, 1.807) is 0 Å². The van der Waals surface area contributed by atoms with Gasteiger partial charge in [0.25, 0.3) is 5.91 Å². The molecule has 5 rings (SSSR count). The molecule has 1 atom stereocenters. The standard InChI is InChI=1S/C27H33N5O2/c1-20-25(21(2)32(29-20)19-22-9-4-3-5-10-22)26-28-24-12-7-6-11-23(24)27(33)31(26)14-8-13-30-15-17-34-18-16-30/h3-7,9-12,26,28H,8,13-19H2,1-2H3. The molecule has 2 aromatic carbocycles. The number of ether oxygens (including phenoxy) is 1. The van der Waals surface area contributed by atoms with Crippen LogP contribution in [-0.4, -0.2) is 64.9 Å². The van der Waals surface area contributed by atoms with Crippen LogP contribution < -0.4 is 5.32 Å². The fourth-order valence-electron chi connectivity index (χ4n) is 5.06. The molecule has 1 unspecified atom stereocenters. The van der Waals surface area contributed by atoms with E-state index in [1.807, 2.05) is 42.2 Å². The van der Waals surface area contributed by atoms with E-state index in [1.165, 1.54) is 5.56 Å². The summed E-state index contributed by atoms with van der Waals surface area (Å²) in [5.41, 5.74) is 5.96. The van der Waals surface area contributed by atoms with Gasteiger partial charge in [-0.3, -0.25) is 14.4 Å². The van der Waals surface area contributed by atoms with E-state index in [-0.39, 0.29) is 12.1 Å². The summed E-state index contributed by atoms with van der Waals surface area (Å²) in [6.07, 6.45) is 0.680. The Hall–Kier alpha value is -3.16. The molecule has 0 saturated carbocycles. The first-order chi connectivity index (χ1) is 16.6. The number of hydrogen-bond acceptors (Lipinski definition) is 5. The molecule has 3 aromatic rings. The van der Waals surface area contributed by atoms with Crippen molar-refractivity contribution in [2.75, 3.05) is 44.7 Å². The summed E-state index contributed by atoms with van der Waals surface area (Å²) in [5.74, 6) is 0.0796. The van der Waals surface area contributed by atoms with Gasteiger partial charge in [0.1, 0.15) is 6.17 Å². The summed E-state index contributed by atoms with van der Waals surface area (Å²) in [4.78, 5) is 18.0. The normalized spacial score (nSPS) is 18.6. The number of morpholine rings is 1. The highest BCUT2D eigenvalue weighted by Crippen LogP contribution is 2.36. The largest absolute Gasteiger partial charge is 0.379 e. The number of nitrogens with one attached hydrogen (secondary N) is 1. The number of carbonyl (C=O) groups excluding carboxylic acids is 1. The van der Waals surface area contributed by atoms with E-state index < -0.39 is 0 Å². The molecule has 0 spiro atoms. The molecule has 1 N–H and O–H groups in total. The highest BCUT2D eigenvalue weighted by Gasteiger charge is 2.35. The number of hydrogen-bond donors (Lipinski definition) is 1. The maximum atomic E-state index is 13.6. The van der Waals surface area contributed by atoms with Crippen LogP contribution in [0.15, 0.2) is 54.6 Å². The lowest BCUT2D eigenvalue weighted by Crippen LogP contribution is -2.45. The second-order valence-corrected chi connectivity index (χ2v) is 9.13. The minimum Gasteiger partial charge on any atom is -0.379 e. The number of nitrogens with zero attached hydrogens (tertiary/aromatic N) is 4. The summed E-state index contributed by atoms with van der Waals surface area (Å²) in [5, 5.41) is 8.53. The first-order valence-corrected chi connectivity index (χ1v) is 12.2. The van der Waals surface area contributed by atoms with Gasteiger partial charge in [-0.1, -0.05) is 42.5 Å². The first-order valence-electron chi connectivity index (χ1n) is 12.2. The maximum absolute atomic E-state index is 13.6. The van der Waals surface area contributed by atoms with E-state index in [4.69, 9.17) is 9.84 Å². The smallest absolute Gasteiger partial charge is 0.257 e. The third-order valence-electron chi connectivity index (χ3n) is 6.89. The van der Waals surface area contributed by atoms with Gasteiger partial charge >= 0.3 is 0 Å². The maximum Gasteiger partial charge on any atom is 0.257 e. The number of amides is 1. The van der Waals surface area contributed by atoms with Crippen LogP contribution in [0.3, 0.4) is 0 Å². The Balaban J connectivity index is 1.42. The minimum atomic E-state index is -0.239. The lowest BCUT2D eigenvalue weighted by Gasteiger charge is -2.39. The molecule has 7 nitrogen and oxygen atoms in total. The lowest BCUT2D eigenvalue weighted by molar-refractivity contribution is 0.0348. The van der Waals surface area contributed by atoms with E-state index >= 15 is 0 Å². The van der Waals surface area contributed by atoms with Crippen LogP contribution >= 0.6 is 0 Å². The van der Waals surface area contributed by atoms with Gasteiger partial charge in [0, 0.05) is 43.1 Å². The van der Waals surface area contributed by atoms with Crippen LogP contribution in [0.5, 0.6) is 0 Å². The fraction of sp³-hybridized carbons (Fsp3) is 0.407. The van der Waals surface area contributed by atoms with Crippen molar-refractivity contribution in [1.82, 2.24) is 19.6 Å². The fourth-order valence-corrected chi connectivity index (χ4v) is 5.06. The molecule has 1 fully saturated rings. The molecular formula is C27H33N5O2. The number of anilines is 1. The number of aryl methyl sites for hydroxylation is 1. The summed E-state index contributed by atoms with van der Waals surface area (Å²) in [7, 11) is 0. The van der Waals surface area contributed by atoms with Crippen molar-refractivity contribution in [2.45, 2.75) is 33.0 Å². The van der Waals surface area contributed by atoms with Gasteiger partial charge in [-0.2, -0.15) is 5.10 Å². The Labute approximate surface area is 201 Å². The van der Waals surface area contributed by atoms with Crippen LogP contribution in [0.25, 0.3) is 0 Å². The molecule has 0 bridgehead atoms. The predicted octanol–water partition coefficient (Wildman–Crippen LogP) is 3.84. The third kappa shape index (κ3) is 4.58. The van der Waals surface area contributed by atoms with E-state index in [9.17, 15) is 4.79 Å². The summed E-state index contributed by atoms with van der Waals surface area (Å²) in [6, 6.07) is 18.2. The van der Waals surface area contributed by atoms with Gasteiger partial charge in [0.2, 0.25) is 0 Å². The average molecular weight is 460 g/mol. The van der Waals surface area contributed by atoms with Crippen molar-refractivity contribution in [3.63, 3.8) is 0 Å². The molecule has 2 aliphatic heterocycles. The second-order valence-electron chi connectivity index (χ2n) is 9.13. The molecule has 178 valence electrons. The summed E-state index contributed by atoms with van der Waals surface area (Å²) >= 11 is 0. The number of benzene rings is 2. The Morgan fingerprint density at radius 1 is 1.00 bits per heavy atom. The predicted molar refractivity (Wildman–Crippen MR) is 133 cm³/mol. The molecule has 0 aliphatic carbocycles. The van der Waals surface area contributed by atoms with Crippen LogP contribution in [0.1, 0.15) is 45.5 Å². The molecule has 34 heavy (non-hydrogen) atoms. The van der Waals surface area contributed by atoms with Crippen molar-refractivity contribution in [1.29, 1.82) is 0 Å².